The molecular formula is C17H20N4O2. The van der Waals surface area contributed by atoms with E-state index in [-0.39, 0.29) is 12.5 Å². The Morgan fingerprint density at radius 2 is 2.22 bits per heavy atom. The normalized spacial score (nSPS) is 21.2. The summed E-state index contributed by atoms with van der Waals surface area (Å²) in [5, 5.41) is 20.7. The fourth-order valence-electron chi connectivity index (χ4n) is 2.79. The molecule has 2 heterocycles. The highest BCUT2D eigenvalue weighted by Crippen LogP contribution is 2.30. The first-order chi connectivity index (χ1) is 11.2. The highest BCUT2D eigenvalue weighted by molar-refractivity contribution is 5.77. The Morgan fingerprint density at radius 3 is 2.96 bits per heavy atom. The molecule has 1 aliphatic rings. The van der Waals surface area contributed by atoms with Gasteiger partial charge >= 0.3 is 0 Å². The van der Waals surface area contributed by atoms with E-state index >= 15 is 0 Å². The Bertz CT molecular complexity index is 669. The number of likely N-dealkylation sites (tertiary alicyclic amines) is 1. The molecule has 6 nitrogen and oxygen atoms in total. The van der Waals surface area contributed by atoms with E-state index in [2.05, 4.69) is 15.4 Å². The maximum atomic E-state index is 12.3. The molecule has 0 radical (unpaired) electrons. The van der Waals surface area contributed by atoms with Crippen molar-refractivity contribution in [1.29, 1.82) is 0 Å². The van der Waals surface area contributed by atoms with E-state index in [9.17, 15) is 9.90 Å². The molecule has 23 heavy (non-hydrogen) atoms. The van der Waals surface area contributed by atoms with Crippen LogP contribution in [0.1, 0.15) is 30.5 Å². The highest BCUT2D eigenvalue weighted by atomic mass is 16.3. The fourth-order valence-corrected chi connectivity index (χ4v) is 2.79. The summed E-state index contributed by atoms with van der Waals surface area (Å²) in [6.45, 7) is 0.825. The largest absolute Gasteiger partial charge is 0.381 e. The van der Waals surface area contributed by atoms with Gasteiger partial charge in [-0.15, -0.1) is 0 Å². The number of hydrogen-bond donors (Lipinski definition) is 2. The van der Waals surface area contributed by atoms with Crippen molar-refractivity contribution in [1.82, 2.24) is 20.3 Å². The molecule has 1 saturated heterocycles. The minimum Gasteiger partial charge on any atom is -0.381 e. The molecule has 1 atom stereocenters. The van der Waals surface area contributed by atoms with Crippen LogP contribution in [0.2, 0.25) is 0 Å². The second-order valence-electron chi connectivity index (χ2n) is 5.80. The van der Waals surface area contributed by atoms with Gasteiger partial charge in [0.15, 0.2) is 0 Å². The number of amides is 1. The summed E-state index contributed by atoms with van der Waals surface area (Å²) >= 11 is 0. The summed E-state index contributed by atoms with van der Waals surface area (Å²) in [5.41, 5.74) is 0.543. The molecule has 1 amide bonds. The SMILES string of the molecule is O=C(CC/C=C/c1ccccc1)N1CCC(O)(c2cn[nH]n2)C1. The van der Waals surface area contributed by atoms with E-state index in [0.717, 1.165) is 5.56 Å². The summed E-state index contributed by atoms with van der Waals surface area (Å²) in [6.07, 6.45) is 7.16. The zero-order valence-corrected chi connectivity index (χ0v) is 12.9. The standard InChI is InChI=1S/C17H20N4O2/c22-16(9-5-4-8-14-6-2-1-3-7-14)21-11-10-17(23,13-21)15-12-18-20-19-15/h1-4,6-8,12,23H,5,9-11,13H2,(H,18,19,20)/b8-4+. The van der Waals surface area contributed by atoms with Crippen LogP contribution in [0.25, 0.3) is 6.08 Å². The number of aromatic amines is 1. The van der Waals surface area contributed by atoms with Crippen LogP contribution in [-0.4, -0.2) is 44.4 Å². The number of nitrogens with one attached hydrogen (secondary N) is 1. The number of allylic oxidation sites excluding steroid dienone is 1. The average Bonchev–Trinajstić information content (AvgIpc) is 3.23. The number of nitrogens with zero attached hydrogens (tertiary/aromatic N) is 3. The molecule has 0 saturated carbocycles. The number of H-pyrrole nitrogens is 1. The zero-order chi connectivity index (χ0) is 16.1. The summed E-state index contributed by atoms with van der Waals surface area (Å²) in [5.74, 6) is 0.0575. The maximum Gasteiger partial charge on any atom is 0.222 e. The lowest BCUT2D eigenvalue weighted by atomic mass is 10.00. The van der Waals surface area contributed by atoms with Crippen molar-refractivity contribution in [3.05, 3.63) is 53.9 Å². The van der Waals surface area contributed by atoms with Crippen LogP contribution in [0, 0.1) is 0 Å². The van der Waals surface area contributed by atoms with Gasteiger partial charge in [0.1, 0.15) is 11.3 Å². The van der Waals surface area contributed by atoms with Gasteiger partial charge in [-0.05, 0) is 12.0 Å². The molecule has 1 fully saturated rings. The predicted molar refractivity (Wildman–Crippen MR) is 86.2 cm³/mol. The van der Waals surface area contributed by atoms with Crippen molar-refractivity contribution in [3.63, 3.8) is 0 Å². The Hall–Kier alpha value is -2.47. The van der Waals surface area contributed by atoms with Crippen LogP contribution < -0.4 is 0 Å². The van der Waals surface area contributed by atoms with Gasteiger partial charge in [-0.2, -0.15) is 15.4 Å². The fraction of sp³-hybridized carbons (Fsp3) is 0.353. The van der Waals surface area contributed by atoms with Crippen molar-refractivity contribution in [2.45, 2.75) is 24.9 Å². The van der Waals surface area contributed by atoms with Crippen molar-refractivity contribution in [2.24, 2.45) is 0 Å². The van der Waals surface area contributed by atoms with Gasteiger partial charge in [0.05, 0.1) is 12.7 Å². The number of rotatable bonds is 5. The summed E-state index contributed by atoms with van der Waals surface area (Å²) in [7, 11) is 0. The Balaban J connectivity index is 1.49. The zero-order valence-electron chi connectivity index (χ0n) is 12.9. The molecule has 120 valence electrons. The molecule has 0 bridgehead atoms. The van der Waals surface area contributed by atoms with E-state index in [1.54, 1.807) is 4.90 Å². The van der Waals surface area contributed by atoms with Gasteiger partial charge in [0.25, 0.3) is 0 Å². The lowest BCUT2D eigenvalue weighted by Gasteiger charge is -2.20. The van der Waals surface area contributed by atoms with Gasteiger partial charge in [-0.25, -0.2) is 0 Å². The number of carbonyl (C=O) groups is 1. The molecule has 1 aromatic carbocycles. The molecule has 0 spiro atoms. The number of hydrogen-bond acceptors (Lipinski definition) is 4. The topological polar surface area (TPSA) is 82.1 Å². The van der Waals surface area contributed by atoms with Crippen LogP contribution in [0.4, 0.5) is 0 Å². The average molecular weight is 312 g/mol. The van der Waals surface area contributed by atoms with E-state index in [1.165, 1.54) is 6.20 Å². The molecule has 1 aromatic heterocycles. The van der Waals surface area contributed by atoms with E-state index in [1.807, 2.05) is 42.5 Å². The van der Waals surface area contributed by atoms with Crippen LogP contribution in [0.15, 0.2) is 42.6 Å². The van der Waals surface area contributed by atoms with Crippen molar-refractivity contribution in [3.8, 4) is 0 Å². The van der Waals surface area contributed by atoms with E-state index < -0.39 is 5.60 Å². The highest BCUT2D eigenvalue weighted by Gasteiger charge is 2.41. The Labute approximate surface area is 134 Å². The Morgan fingerprint density at radius 1 is 1.39 bits per heavy atom. The smallest absolute Gasteiger partial charge is 0.222 e. The molecule has 1 aliphatic heterocycles. The van der Waals surface area contributed by atoms with Gasteiger partial charge in [0.2, 0.25) is 5.91 Å². The third-order valence-corrected chi connectivity index (χ3v) is 4.13. The monoisotopic (exact) mass is 312 g/mol. The van der Waals surface area contributed by atoms with Crippen molar-refractivity contribution < 1.29 is 9.90 Å². The summed E-state index contributed by atoms with van der Waals surface area (Å²) in [6, 6.07) is 10.00. The van der Waals surface area contributed by atoms with Gasteiger partial charge in [-0.1, -0.05) is 42.5 Å². The van der Waals surface area contributed by atoms with Gasteiger partial charge in [-0.3, -0.25) is 4.79 Å². The Kier molecular flexibility index (Phi) is 4.52. The number of aromatic nitrogens is 3. The quantitative estimate of drug-likeness (QED) is 0.880. The first kappa shape index (κ1) is 15.4. The van der Waals surface area contributed by atoms with Crippen LogP contribution in [0.3, 0.4) is 0 Å². The van der Waals surface area contributed by atoms with Crippen molar-refractivity contribution in [2.75, 3.05) is 13.1 Å². The second-order valence-corrected chi connectivity index (χ2v) is 5.80. The first-order valence-corrected chi connectivity index (χ1v) is 7.75. The minimum absolute atomic E-state index is 0.0575. The molecule has 1 unspecified atom stereocenters. The first-order valence-electron chi connectivity index (χ1n) is 7.75. The molecule has 6 heteroatoms. The number of β-amino-alcohol motifs (C(OH)–C–C–N with tert-alkyl or cyclic N) is 1. The third kappa shape index (κ3) is 3.65. The maximum absolute atomic E-state index is 12.3. The molecule has 3 rings (SSSR count). The van der Waals surface area contributed by atoms with Crippen LogP contribution >= 0.6 is 0 Å². The third-order valence-electron chi connectivity index (χ3n) is 4.13. The second kappa shape index (κ2) is 6.75. The lowest BCUT2D eigenvalue weighted by molar-refractivity contribution is -0.131. The minimum atomic E-state index is -1.08. The molecule has 2 N–H and O–H groups in total. The van der Waals surface area contributed by atoms with E-state index in [0.29, 0.717) is 31.5 Å². The van der Waals surface area contributed by atoms with E-state index in [4.69, 9.17) is 0 Å². The number of aliphatic hydroxyl groups is 1. The van der Waals surface area contributed by atoms with Gasteiger partial charge in [0, 0.05) is 19.4 Å². The molecule has 2 aromatic rings. The van der Waals surface area contributed by atoms with Crippen LogP contribution in [-0.2, 0) is 10.4 Å². The predicted octanol–water partition coefficient (Wildman–Crippen LogP) is 1.72. The van der Waals surface area contributed by atoms with Gasteiger partial charge < -0.3 is 10.0 Å². The lowest BCUT2D eigenvalue weighted by Crippen LogP contribution is -2.34. The number of benzene rings is 1. The molecule has 0 aliphatic carbocycles. The number of carbonyl (C=O) groups excluding carboxylic acids is 1. The van der Waals surface area contributed by atoms with Crippen molar-refractivity contribution >= 4 is 12.0 Å². The molecular weight excluding hydrogens is 292 g/mol. The summed E-state index contributed by atoms with van der Waals surface area (Å²) in [4.78, 5) is 14.0. The van der Waals surface area contributed by atoms with Crippen LogP contribution in [0.5, 0.6) is 0 Å². The summed E-state index contributed by atoms with van der Waals surface area (Å²) < 4.78 is 0.